The first-order valence-corrected chi connectivity index (χ1v) is 2.64. The van der Waals surface area contributed by atoms with Crippen LogP contribution in [0.15, 0.2) is 20.2 Å². The van der Waals surface area contributed by atoms with Crippen molar-refractivity contribution in [1.29, 1.82) is 0 Å². The first-order chi connectivity index (χ1) is 4.88. The molecule has 5 heteroatoms. The van der Waals surface area contributed by atoms with Gasteiger partial charge in [-0.15, -0.1) is 5.10 Å². The maximum Gasteiger partial charge on any atom is 0.301 e. The van der Waals surface area contributed by atoms with Gasteiger partial charge in [0.05, 0.1) is 6.21 Å². The Kier molecular flexibility index (Phi) is 0.858. The summed E-state index contributed by atoms with van der Waals surface area (Å²) in [5.74, 6) is -0.373. The zero-order chi connectivity index (χ0) is 6.97. The van der Waals surface area contributed by atoms with Gasteiger partial charge in [-0.1, -0.05) is 0 Å². The van der Waals surface area contributed by atoms with Crippen LogP contribution in [0.5, 0.6) is 0 Å². The normalized spacial score (nSPS) is 20.6. The van der Waals surface area contributed by atoms with E-state index in [1.54, 1.807) is 0 Å². The van der Waals surface area contributed by atoms with Crippen molar-refractivity contribution in [2.24, 2.45) is 20.2 Å². The van der Waals surface area contributed by atoms with Gasteiger partial charge in [-0.2, -0.15) is 10.1 Å². The smallest absolute Gasteiger partial charge is 0.265 e. The van der Waals surface area contributed by atoms with Crippen LogP contribution < -0.4 is 0 Å². The van der Waals surface area contributed by atoms with Gasteiger partial charge in [0.2, 0.25) is 0 Å². The molecule has 0 N–H and O–H groups in total. The van der Waals surface area contributed by atoms with E-state index in [-0.39, 0.29) is 11.6 Å². The summed E-state index contributed by atoms with van der Waals surface area (Å²) in [4.78, 5) is 18.0. The first-order valence-electron chi connectivity index (χ1n) is 2.64. The molecule has 48 valence electrons. The third-order valence-electron chi connectivity index (χ3n) is 1.15. The fourth-order valence-electron chi connectivity index (χ4n) is 0.705. The number of aliphatic imine (C=N–C) groups is 2. The molecule has 0 radical (unpaired) electrons. The van der Waals surface area contributed by atoms with E-state index in [9.17, 15) is 4.79 Å². The Morgan fingerprint density at radius 2 is 2.30 bits per heavy atom. The number of nitrogens with zero attached hydrogens (tertiary/aromatic N) is 4. The molecule has 2 heterocycles. The summed E-state index contributed by atoms with van der Waals surface area (Å²) in [6.45, 7) is 0. The lowest BCUT2D eigenvalue weighted by Crippen LogP contribution is -2.23. The van der Waals surface area contributed by atoms with E-state index in [0.717, 1.165) is 0 Å². The molecule has 0 saturated heterocycles. The summed E-state index contributed by atoms with van der Waals surface area (Å²) >= 11 is 0. The fourth-order valence-corrected chi connectivity index (χ4v) is 0.705. The average molecular weight is 134 g/mol. The number of amides is 1. The summed E-state index contributed by atoms with van der Waals surface area (Å²) in [7, 11) is 0. The fraction of sp³-hybridized carbons (Fsp3) is 0. The topological polar surface area (TPSA) is 66.5 Å². The molecule has 2 aliphatic rings. The number of carbonyl (C=O) groups is 1. The van der Waals surface area contributed by atoms with Crippen molar-refractivity contribution in [3.8, 4) is 0 Å². The molecule has 10 heavy (non-hydrogen) atoms. The van der Waals surface area contributed by atoms with Gasteiger partial charge in [-0.25, -0.2) is 4.99 Å². The third kappa shape index (κ3) is 0.540. The highest BCUT2D eigenvalue weighted by atomic mass is 16.1. The predicted molar refractivity (Wildman–Crippen MR) is 36.9 cm³/mol. The third-order valence-corrected chi connectivity index (χ3v) is 1.15. The van der Waals surface area contributed by atoms with Gasteiger partial charge >= 0.3 is 5.91 Å². The zero-order valence-corrected chi connectivity index (χ0v) is 4.85. The molecule has 0 fully saturated rings. The lowest BCUT2D eigenvalue weighted by Gasteiger charge is -1.96. The average Bonchev–Trinajstić information content (AvgIpc) is 2.36. The van der Waals surface area contributed by atoms with Crippen LogP contribution in [0.1, 0.15) is 0 Å². The standard InChI is InChI=1S/C5H2N4O/c10-5-4-3(1-8-9-4)6-2-7-5/h1-2H. The molecule has 0 saturated carbocycles. The first kappa shape index (κ1) is 5.16. The minimum atomic E-state index is -0.373. The Balaban J connectivity index is 2.54. The minimum Gasteiger partial charge on any atom is -0.265 e. The Morgan fingerprint density at radius 3 is 3.10 bits per heavy atom. The quantitative estimate of drug-likeness (QED) is 0.437. The summed E-state index contributed by atoms with van der Waals surface area (Å²) in [5, 5.41) is 7.04. The molecule has 5 nitrogen and oxygen atoms in total. The van der Waals surface area contributed by atoms with Gasteiger partial charge in [-0.3, -0.25) is 4.79 Å². The number of rotatable bonds is 0. The van der Waals surface area contributed by atoms with E-state index in [1.807, 2.05) is 0 Å². The largest absolute Gasteiger partial charge is 0.301 e. The van der Waals surface area contributed by atoms with Crippen molar-refractivity contribution in [2.45, 2.75) is 0 Å². The summed E-state index contributed by atoms with van der Waals surface area (Å²) in [6.07, 6.45) is 2.63. The van der Waals surface area contributed by atoms with Gasteiger partial charge in [0.25, 0.3) is 0 Å². The van der Waals surface area contributed by atoms with E-state index in [2.05, 4.69) is 20.2 Å². The SMILES string of the molecule is O=C1N=CN=C2C=NN=C12. The highest BCUT2D eigenvalue weighted by molar-refractivity contribution is 6.80. The molecule has 0 atom stereocenters. The maximum absolute atomic E-state index is 10.8. The molecule has 0 aromatic heterocycles. The van der Waals surface area contributed by atoms with Crippen LogP contribution in [0.4, 0.5) is 0 Å². The zero-order valence-electron chi connectivity index (χ0n) is 4.85. The molecule has 0 aliphatic carbocycles. The van der Waals surface area contributed by atoms with Crippen molar-refractivity contribution >= 4 is 29.9 Å². The van der Waals surface area contributed by atoms with Crippen LogP contribution in [-0.4, -0.2) is 29.9 Å². The molecular formula is C5H2N4O. The highest BCUT2D eigenvalue weighted by Crippen LogP contribution is 1.99. The number of hydrogen-bond acceptors (Lipinski definition) is 4. The second kappa shape index (κ2) is 1.66. The monoisotopic (exact) mass is 134 g/mol. The highest BCUT2D eigenvalue weighted by Gasteiger charge is 2.21. The van der Waals surface area contributed by atoms with Crippen LogP contribution in [0.25, 0.3) is 0 Å². The number of fused-ring (bicyclic) bond motifs is 1. The molecule has 0 spiro atoms. The van der Waals surface area contributed by atoms with E-state index in [1.165, 1.54) is 12.6 Å². The van der Waals surface area contributed by atoms with Crippen LogP contribution in [-0.2, 0) is 4.79 Å². The van der Waals surface area contributed by atoms with Gasteiger partial charge in [0, 0.05) is 0 Å². The predicted octanol–water partition coefficient (Wildman–Crippen LogP) is -0.564. The van der Waals surface area contributed by atoms with Crippen molar-refractivity contribution in [2.75, 3.05) is 0 Å². The van der Waals surface area contributed by atoms with Gasteiger partial charge in [0.1, 0.15) is 12.1 Å². The molecule has 0 aromatic carbocycles. The van der Waals surface area contributed by atoms with Crippen LogP contribution in [0, 0.1) is 0 Å². The molecule has 0 aromatic rings. The molecule has 0 bridgehead atoms. The van der Waals surface area contributed by atoms with Crippen molar-refractivity contribution in [3.63, 3.8) is 0 Å². The van der Waals surface area contributed by atoms with Crippen molar-refractivity contribution in [3.05, 3.63) is 0 Å². The Bertz CT molecular complexity index is 304. The van der Waals surface area contributed by atoms with Gasteiger partial charge in [0.15, 0.2) is 5.71 Å². The van der Waals surface area contributed by atoms with E-state index < -0.39 is 0 Å². The Morgan fingerprint density at radius 1 is 1.40 bits per heavy atom. The lowest BCUT2D eigenvalue weighted by atomic mass is 10.2. The van der Waals surface area contributed by atoms with E-state index in [4.69, 9.17) is 0 Å². The molecule has 2 aliphatic heterocycles. The number of carbonyl (C=O) groups excluding carboxylic acids is 1. The maximum atomic E-state index is 10.8. The van der Waals surface area contributed by atoms with Crippen LogP contribution in [0.2, 0.25) is 0 Å². The van der Waals surface area contributed by atoms with Crippen molar-refractivity contribution < 1.29 is 4.79 Å². The van der Waals surface area contributed by atoms with Gasteiger partial charge < -0.3 is 0 Å². The summed E-state index contributed by atoms with van der Waals surface area (Å²) in [6, 6.07) is 0. The Labute approximate surface area is 55.9 Å². The van der Waals surface area contributed by atoms with Crippen LogP contribution >= 0.6 is 0 Å². The second-order valence-corrected chi connectivity index (χ2v) is 1.76. The molecule has 1 amide bonds. The molecular weight excluding hydrogens is 132 g/mol. The Hall–Kier alpha value is -1.65. The minimum absolute atomic E-state index is 0.238. The lowest BCUT2D eigenvalue weighted by molar-refractivity contribution is -0.111. The summed E-state index contributed by atoms with van der Waals surface area (Å²) in [5.41, 5.74) is 0.738. The molecule has 0 unspecified atom stereocenters. The number of hydrogen-bond donors (Lipinski definition) is 0. The van der Waals surface area contributed by atoms with E-state index in [0.29, 0.717) is 5.71 Å². The van der Waals surface area contributed by atoms with Gasteiger partial charge in [-0.05, 0) is 0 Å². The van der Waals surface area contributed by atoms with Crippen molar-refractivity contribution in [1.82, 2.24) is 0 Å². The van der Waals surface area contributed by atoms with E-state index >= 15 is 0 Å². The summed E-state index contributed by atoms with van der Waals surface area (Å²) < 4.78 is 0. The van der Waals surface area contributed by atoms with Crippen LogP contribution in [0.3, 0.4) is 0 Å². The second-order valence-electron chi connectivity index (χ2n) is 1.76. The molecule has 2 rings (SSSR count).